The number of nitrogens with zero attached hydrogens (tertiary/aromatic N) is 1. The molecular weight excluding hydrogens is 268 g/mol. The molecule has 0 saturated carbocycles. The summed E-state index contributed by atoms with van der Waals surface area (Å²) in [7, 11) is 3.66. The minimum Gasteiger partial charge on any atom is -0.496 e. The maximum Gasteiger partial charge on any atom is 0.128 e. The Morgan fingerprint density at radius 3 is 2.60 bits per heavy atom. The third-order valence-electron chi connectivity index (χ3n) is 3.49. The van der Waals surface area contributed by atoms with Crippen molar-refractivity contribution in [2.24, 2.45) is 0 Å². The van der Waals surface area contributed by atoms with Gasteiger partial charge in [0.1, 0.15) is 10.8 Å². The van der Waals surface area contributed by atoms with Gasteiger partial charge in [0.25, 0.3) is 0 Å². The third kappa shape index (κ3) is 3.02. The molecule has 0 aliphatic carbocycles. The first-order chi connectivity index (χ1) is 9.56. The molecule has 0 amide bonds. The van der Waals surface area contributed by atoms with Crippen LogP contribution in [0.5, 0.6) is 5.75 Å². The predicted molar refractivity (Wildman–Crippen MR) is 85.7 cm³/mol. The summed E-state index contributed by atoms with van der Waals surface area (Å²) < 4.78 is 5.48. The molecule has 108 valence electrons. The smallest absolute Gasteiger partial charge is 0.128 e. The number of thiazole rings is 1. The van der Waals surface area contributed by atoms with Crippen LogP contribution in [0.3, 0.4) is 0 Å². The number of benzene rings is 1. The van der Waals surface area contributed by atoms with Crippen LogP contribution in [-0.4, -0.2) is 19.1 Å². The van der Waals surface area contributed by atoms with Crippen molar-refractivity contribution in [2.45, 2.75) is 32.7 Å². The van der Waals surface area contributed by atoms with Crippen LogP contribution in [0.1, 0.15) is 43.3 Å². The van der Waals surface area contributed by atoms with E-state index in [-0.39, 0.29) is 6.04 Å². The van der Waals surface area contributed by atoms with Gasteiger partial charge in [0.2, 0.25) is 0 Å². The lowest BCUT2D eigenvalue weighted by atomic mass is 9.99. The minimum atomic E-state index is 0.271. The van der Waals surface area contributed by atoms with E-state index in [0.29, 0.717) is 5.92 Å². The van der Waals surface area contributed by atoms with E-state index < -0.39 is 0 Å². The van der Waals surface area contributed by atoms with E-state index in [9.17, 15) is 0 Å². The number of aromatic nitrogens is 1. The van der Waals surface area contributed by atoms with Crippen LogP contribution in [0, 0.1) is 0 Å². The van der Waals surface area contributed by atoms with Crippen molar-refractivity contribution in [2.75, 3.05) is 14.2 Å². The predicted octanol–water partition coefficient (Wildman–Crippen LogP) is 4.22. The zero-order chi connectivity index (χ0) is 14.7. The van der Waals surface area contributed by atoms with E-state index in [1.807, 2.05) is 13.1 Å². The molecule has 2 aromatic rings. The summed E-state index contributed by atoms with van der Waals surface area (Å²) in [5.41, 5.74) is 3.37. The van der Waals surface area contributed by atoms with Gasteiger partial charge in [-0.2, -0.15) is 0 Å². The van der Waals surface area contributed by atoms with Gasteiger partial charge in [0.05, 0.1) is 18.8 Å². The SMILES string of the molecule is CNC(C)c1nc(-c2cc(C(C)C)ccc2OC)cs1. The van der Waals surface area contributed by atoms with Gasteiger partial charge in [-0.3, -0.25) is 0 Å². The molecule has 1 heterocycles. The molecule has 0 radical (unpaired) electrons. The molecule has 1 aromatic carbocycles. The van der Waals surface area contributed by atoms with E-state index in [1.165, 1.54) is 5.56 Å². The van der Waals surface area contributed by atoms with Crippen LogP contribution < -0.4 is 10.1 Å². The Morgan fingerprint density at radius 1 is 1.25 bits per heavy atom. The van der Waals surface area contributed by atoms with Crippen molar-refractivity contribution in [3.63, 3.8) is 0 Å². The normalized spacial score (nSPS) is 12.7. The van der Waals surface area contributed by atoms with Gasteiger partial charge in [-0.25, -0.2) is 4.98 Å². The molecule has 20 heavy (non-hydrogen) atoms. The fraction of sp³-hybridized carbons (Fsp3) is 0.438. The fourth-order valence-electron chi connectivity index (χ4n) is 2.02. The third-order valence-corrected chi connectivity index (χ3v) is 4.52. The fourth-order valence-corrected chi connectivity index (χ4v) is 2.90. The van der Waals surface area contributed by atoms with Crippen LogP contribution >= 0.6 is 11.3 Å². The number of ether oxygens (including phenoxy) is 1. The minimum absolute atomic E-state index is 0.271. The Balaban J connectivity index is 2.44. The highest BCUT2D eigenvalue weighted by Gasteiger charge is 2.14. The van der Waals surface area contributed by atoms with Crippen LogP contribution in [0.2, 0.25) is 0 Å². The summed E-state index contributed by atoms with van der Waals surface area (Å²) in [4.78, 5) is 4.74. The summed E-state index contributed by atoms with van der Waals surface area (Å²) in [5.74, 6) is 1.37. The van der Waals surface area contributed by atoms with Crippen molar-refractivity contribution in [3.8, 4) is 17.0 Å². The molecule has 4 heteroatoms. The van der Waals surface area contributed by atoms with Gasteiger partial charge in [-0.15, -0.1) is 11.3 Å². The highest BCUT2D eigenvalue weighted by Crippen LogP contribution is 2.34. The molecule has 0 fully saturated rings. The largest absolute Gasteiger partial charge is 0.496 e. The zero-order valence-corrected chi connectivity index (χ0v) is 13.5. The average Bonchev–Trinajstić information content (AvgIpc) is 2.95. The first kappa shape index (κ1) is 15.0. The summed E-state index contributed by atoms with van der Waals surface area (Å²) in [5, 5.41) is 6.42. The molecule has 1 aromatic heterocycles. The molecule has 2 rings (SSSR count). The van der Waals surface area contributed by atoms with Gasteiger partial charge in [-0.05, 0) is 37.6 Å². The van der Waals surface area contributed by atoms with Crippen molar-refractivity contribution < 1.29 is 4.74 Å². The molecule has 1 unspecified atom stereocenters. The van der Waals surface area contributed by atoms with E-state index in [2.05, 4.69) is 43.6 Å². The monoisotopic (exact) mass is 290 g/mol. The Morgan fingerprint density at radius 2 is 2.00 bits per heavy atom. The lowest BCUT2D eigenvalue weighted by molar-refractivity contribution is 0.416. The summed E-state index contributed by atoms with van der Waals surface area (Å²) in [6, 6.07) is 6.61. The van der Waals surface area contributed by atoms with Gasteiger partial charge in [-0.1, -0.05) is 19.9 Å². The van der Waals surface area contributed by atoms with E-state index in [4.69, 9.17) is 9.72 Å². The lowest BCUT2D eigenvalue weighted by Crippen LogP contribution is -2.11. The Hall–Kier alpha value is -1.39. The standard InChI is InChI=1S/C16H22N2OS/c1-10(2)12-6-7-15(19-5)13(8-12)14-9-20-16(18-14)11(3)17-4/h6-11,17H,1-5H3. The van der Waals surface area contributed by atoms with Crippen LogP contribution in [0.15, 0.2) is 23.6 Å². The molecule has 0 spiro atoms. The molecular formula is C16H22N2OS. The second kappa shape index (κ2) is 6.37. The van der Waals surface area contributed by atoms with Crippen LogP contribution in [0.25, 0.3) is 11.3 Å². The first-order valence-electron chi connectivity index (χ1n) is 6.87. The Labute approximate surface area is 125 Å². The van der Waals surface area contributed by atoms with E-state index in [1.54, 1.807) is 18.4 Å². The van der Waals surface area contributed by atoms with Gasteiger partial charge in [0.15, 0.2) is 0 Å². The number of methoxy groups -OCH3 is 1. The molecule has 1 atom stereocenters. The first-order valence-corrected chi connectivity index (χ1v) is 7.75. The van der Waals surface area contributed by atoms with E-state index >= 15 is 0 Å². The van der Waals surface area contributed by atoms with E-state index in [0.717, 1.165) is 22.0 Å². The topological polar surface area (TPSA) is 34.2 Å². The quantitative estimate of drug-likeness (QED) is 0.895. The second-order valence-corrected chi connectivity index (χ2v) is 6.09. The van der Waals surface area contributed by atoms with Gasteiger partial charge >= 0.3 is 0 Å². The molecule has 0 aliphatic heterocycles. The molecule has 1 N–H and O–H groups in total. The summed E-state index contributed by atoms with van der Waals surface area (Å²) in [6.07, 6.45) is 0. The maximum absolute atomic E-state index is 5.48. The second-order valence-electron chi connectivity index (χ2n) is 5.20. The van der Waals surface area contributed by atoms with Crippen molar-refractivity contribution in [3.05, 3.63) is 34.2 Å². The molecule has 0 bridgehead atoms. The maximum atomic E-state index is 5.48. The highest BCUT2D eigenvalue weighted by atomic mass is 32.1. The van der Waals surface area contributed by atoms with Gasteiger partial charge in [0, 0.05) is 10.9 Å². The number of rotatable bonds is 5. The average molecular weight is 290 g/mol. The summed E-state index contributed by atoms with van der Waals surface area (Å²) >= 11 is 1.68. The lowest BCUT2D eigenvalue weighted by Gasteiger charge is -2.11. The van der Waals surface area contributed by atoms with Crippen molar-refractivity contribution in [1.82, 2.24) is 10.3 Å². The highest BCUT2D eigenvalue weighted by molar-refractivity contribution is 7.10. The molecule has 0 saturated heterocycles. The van der Waals surface area contributed by atoms with Crippen LogP contribution in [0.4, 0.5) is 0 Å². The number of hydrogen-bond donors (Lipinski definition) is 1. The molecule has 3 nitrogen and oxygen atoms in total. The molecule has 0 aliphatic rings. The zero-order valence-electron chi connectivity index (χ0n) is 12.7. The van der Waals surface area contributed by atoms with Crippen LogP contribution in [-0.2, 0) is 0 Å². The Bertz CT molecular complexity index is 578. The van der Waals surface area contributed by atoms with Gasteiger partial charge < -0.3 is 10.1 Å². The number of hydrogen-bond acceptors (Lipinski definition) is 4. The summed E-state index contributed by atoms with van der Waals surface area (Å²) in [6.45, 7) is 6.51. The Kier molecular flexibility index (Phi) is 4.78. The van der Waals surface area contributed by atoms with Crippen molar-refractivity contribution >= 4 is 11.3 Å². The number of nitrogens with one attached hydrogen (secondary N) is 1. The van der Waals surface area contributed by atoms with Crippen molar-refractivity contribution in [1.29, 1.82) is 0 Å².